The number of rotatable bonds is 5. The maximum absolute atomic E-state index is 11.7. The topological polar surface area (TPSA) is 34.1 Å². The fourth-order valence-corrected chi connectivity index (χ4v) is 1.62. The van der Waals surface area contributed by atoms with Crippen LogP contribution in [0.3, 0.4) is 0 Å². The fraction of sp³-hybridized carbons (Fsp3) is 0.429. The highest BCUT2D eigenvalue weighted by atomic mass is 16.1. The number of Topliss-reactive ketones (excluding diaryl/α,β-unsaturated/α-hetero) is 2. The summed E-state index contributed by atoms with van der Waals surface area (Å²) in [7, 11) is 0. The molecule has 0 radical (unpaired) electrons. The van der Waals surface area contributed by atoms with Crippen molar-refractivity contribution < 1.29 is 9.59 Å². The molecule has 0 aliphatic heterocycles. The molecule has 2 heteroatoms. The van der Waals surface area contributed by atoms with Crippen LogP contribution in [0.25, 0.3) is 0 Å². The van der Waals surface area contributed by atoms with Crippen molar-refractivity contribution in [2.45, 2.75) is 33.1 Å². The molecule has 1 aromatic carbocycles. The summed E-state index contributed by atoms with van der Waals surface area (Å²) >= 11 is 0. The van der Waals surface area contributed by atoms with E-state index in [4.69, 9.17) is 0 Å². The highest BCUT2D eigenvalue weighted by molar-refractivity contribution is 5.91. The Bertz CT molecular complexity index is 366. The number of ketones is 2. The Hall–Kier alpha value is -1.44. The van der Waals surface area contributed by atoms with Gasteiger partial charge in [0.15, 0.2) is 0 Å². The summed E-state index contributed by atoms with van der Waals surface area (Å²) < 4.78 is 0. The summed E-state index contributed by atoms with van der Waals surface area (Å²) in [6.07, 6.45) is 0.316. The predicted octanol–water partition coefficient (Wildman–Crippen LogP) is 2.97. The predicted molar refractivity (Wildman–Crippen MR) is 64.3 cm³/mol. The lowest BCUT2D eigenvalue weighted by Gasteiger charge is -2.14. The van der Waals surface area contributed by atoms with Gasteiger partial charge in [0.1, 0.15) is 11.6 Å². The molecule has 0 aromatic heterocycles. The number of carbonyl (C=O) groups is 2. The average Bonchev–Trinajstić information content (AvgIpc) is 2.26. The first kappa shape index (κ1) is 12.6. The van der Waals surface area contributed by atoms with Crippen molar-refractivity contribution in [1.82, 2.24) is 0 Å². The molecule has 0 saturated carbocycles. The van der Waals surface area contributed by atoms with Crippen LogP contribution in [0.4, 0.5) is 0 Å². The molecule has 0 heterocycles. The van der Waals surface area contributed by atoms with Gasteiger partial charge in [0.05, 0.1) is 0 Å². The molecule has 1 atom stereocenters. The summed E-state index contributed by atoms with van der Waals surface area (Å²) in [5.41, 5.74) is 0.934. The van der Waals surface area contributed by atoms with Gasteiger partial charge in [-0.1, -0.05) is 44.2 Å². The van der Waals surface area contributed by atoms with Crippen LogP contribution in [0.15, 0.2) is 30.3 Å². The average molecular weight is 218 g/mol. The molecule has 0 aliphatic rings. The first-order valence-electron chi connectivity index (χ1n) is 5.60. The molecular formula is C14H18O2. The van der Waals surface area contributed by atoms with Crippen molar-refractivity contribution in [2.75, 3.05) is 0 Å². The third-order valence-corrected chi connectivity index (χ3v) is 2.74. The highest BCUT2D eigenvalue weighted by Crippen LogP contribution is 2.22. The molecule has 1 aromatic rings. The lowest BCUT2D eigenvalue weighted by atomic mass is 9.88. The van der Waals surface area contributed by atoms with E-state index < -0.39 is 0 Å². The molecule has 0 N–H and O–H groups in total. The van der Waals surface area contributed by atoms with Gasteiger partial charge in [0.2, 0.25) is 0 Å². The van der Waals surface area contributed by atoms with Crippen molar-refractivity contribution in [1.29, 1.82) is 0 Å². The number of hydrogen-bond donors (Lipinski definition) is 0. The number of hydrogen-bond acceptors (Lipinski definition) is 2. The van der Waals surface area contributed by atoms with Crippen molar-refractivity contribution in [3.05, 3.63) is 35.9 Å². The van der Waals surface area contributed by atoms with Gasteiger partial charge in [0, 0.05) is 18.3 Å². The second-order valence-electron chi connectivity index (χ2n) is 4.40. The van der Waals surface area contributed by atoms with E-state index in [9.17, 15) is 9.59 Å². The maximum Gasteiger partial charge on any atom is 0.137 e. The van der Waals surface area contributed by atoms with Crippen LogP contribution in [-0.2, 0) is 9.59 Å². The van der Waals surface area contributed by atoms with Crippen molar-refractivity contribution in [3.63, 3.8) is 0 Å². The van der Waals surface area contributed by atoms with Crippen molar-refractivity contribution in [2.24, 2.45) is 5.92 Å². The zero-order valence-electron chi connectivity index (χ0n) is 10.1. The molecule has 0 amide bonds. The summed E-state index contributed by atoms with van der Waals surface area (Å²) in [5, 5.41) is 0. The quantitative estimate of drug-likeness (QED) is 0.761. The Labute approximate surface area is 96.7 Å². The second kappa shape index (κ2) is 5.59. The van der Waals surface area contributed by atoms with E-state index in [-0.39, 0.29) is 23.4 Å². The Morgan fingerprint density at radius 3 is 2.12 bits per heavy atom. The zero-order chi connectivity index (χ0) is 12.1. The standard InChI is InChI=1S/C14H18O2/c1-10(2)14(16)9-13(11(3)15)12-7-5-4-6-8-12/h4-8,10,13H,9H2,1-3H3. The van der Waals surface area contributed by atoms with Gasteiger partial charge in [-0.25, -0.2) is 0 Å². The summed E-state index contributed by atoms with van der Waals surface area (Å²) in [6.45, 7) is 5.28. The van der Waals surface area contributed by atoms with E-state index in [1.807, 2.05) is 44.2 Å². The van der Waals surface area contributed by atoms with Crippen molar-refractivity contribution >= 4 is 11.6 Å². The molecule has 0 bridgehead atoms. The van der Waals surface area contributed by atoms with Crippen molar-refractivity contribution in [3.8, 4) is 0 Å². The smallest absolute Gasteiger partial charge is 0.137 e. The summed E-state index contributed by atoms with van der Waals surface area (Å²) in [6, 6.07) is 9.50. The van der Waals surface area contributed by atoms with Crippen LogP contribution >= 0.6 is 0 Å². The lowest BCUT2D eigenvalue weighted by Crippen LogP contribution is -2.17. The molecule has 0 aliphatic carbocycles. The van der Waals surface area contributed by atoms with E-state index in [1.165, 1.54) is 0 Å². The first-order valence-corrected chi connectivity index (χ1v) is 5.60. The normalized spacial score (nSPS) is 12.5. The molecule has 16 heavy (non-hydrogen) atoms. The fourth-order valence-electron chi connectivity index (χ4n) is 1.62. The minimum absolute atomic E-state index is 0.00874. The van der Waals surface area contributed by atoms with E-state index in [2.05, 4.69) is 0 Å². The number of benzene rings is 1. The molecular weight excluding hydrogens is 200 g/mol. The Morgan fingerprint density at radius 2 is 1.69 bits per heavy atom. The van der Waals surface area contributed by atoms with E-state index >= 15 is 0 Å². The number of carbonyl (C=O) groups excluding carboxylic acids is 2. The van der Waals surface area contributed by atoms with Gasteiger partial charge in [-0.15, -0.1) is 0 Å². The molecule has 1 rings (SSSR count). The SMILES string of the molecule is CC(=O)C(CC(=O)C(C)C)c1ccccc1. The van der Waals surface area contributed by atoms with Crippen LogP contribution in [0.1, 0.15) is 38.7 Å². The second-order valence-corrected chi connectivity index (χ2v) is 4.40. The van der Waals surface area contributed by atoms with E-state index in [1.54, 1.807) is 6.92 Å². The van der Waals surface area contributed by atoms with Gasteiger partial charge >= 0.3 is 0 Å². The minimum Gasteiger partial charge on any atom is -0.299 e. The third kappa shape index (κ3) is 3.30. The molecule has 0 fully saturated rings. The van der Waals surface area contributed by atoms with Crippen LogP contribution < -0.4 is 0 Å². The maximum atomic E-state index is 11.7. The minimum atomic E-state index is -0.281. The van der Waals surface area contributed by atoms with Gasteiger partial charge in [-0.3, -0.25) is 9.59 Å². The summed E-state index contributed by atoms with van der Waals surface area (Å²) in [5.74, 6) is -0.0917. The highest BCUT2D eigenvalue weighted by Gasteiger charge is 2.21. The van der Waals surface area contributed by atoms with Gasteiger partial charge in [0.25, 0.3) is 0 Å². The largest absolute Gasteiger partial charge is 0.299 e. The Balaban J connectivity index is 2.85. The monoisotopic (exact) mass is 218 g/mol. The first-order chi connectivity index (χ1) is 7.52. The van der Waals surface area contributed by atoms with E-state index in [0.717, 1.165) is 5.56 Å². The van der Waals surface area contributed by atoms with Gasteiger partial charge in [-0.2, -0.15) is 0 Å². The van der Waals surface area contributed by atoms with Gasteiger partial charge in [-0.05, 0) is 12.5 Å². The molecule has 0 saturated heterocycles. The van der Waals surface area contributed by atoms with Crippen LogP contribution in [0.2, 0.25) is 0 Å². The van der Waals surface area contributed by atoms with Crippen LogP contribution in [0, 0.1) is 5.92 Å². The van der Waals surface area contributed by atoms with Crippen LogP contribution in [0.5, 0.6) is 0 Å². The summed E-state index contributed by atoms with van der Waals surface area (Å²) in [4.78, 5) is 23.2. The lowest BCUT2D eigenvalue weighted by molar-refractivity contribution is -0.126. The Morgan fingerprint density at radius 1 is 1.12 bits per heavy atom. The van der Waals surface area contributed by atoms with Gasteiger partial charge < -0.3 is 0 Å². The molecule has 0 spiro atoms. The van der Waals surface area contributed by atoms with E-state index in [0.29, 0.717) is 6.42 Å². The zero-order valence-corrected chi connectivity index (χ0v) is 10.1. The molecule has 1 unspecified atom stereocenters. The molecule has 86 valence electrons. The van der Waals surface area contributed by atoms with Crippen LogP contribution in [-0.4, -0.2) is 11.6 Å². The third-order valence-electron chi connectivity index (χ3n) is 2.74. The Kier molecular flexibility index (Phi) is 4.41. The molecule has 2 nitrogen and oxygen atoms in total.